The van der Waals surface area contributed by atoms with Gasteiger partial charge in [-0.05, 0) is 23.4 Å². The molecule has 126 valence electrons. The van der Waals surface area contributed by atoms with E-state index in [9.17, 15) is 4.79 Å². The van der Waals surface area contributed by atoms with Crippen molar-refractivity contribution in [2.45, 2.75) is 0 Å². The maximum atomic E-state index is 12.1. The molecule has 2 aliphatic rings. The number of thioether (sulfide) groups is 1. The minimum atomic E-state index is -0.162. The van der Waals surface area contributed by atoms with Crippen LogP contribution in [-0.2, 0) is 4.79 Å². The van der Waals surface area contributed by atoms with E-state index in [4.69, 9.17) is 5.11 Å². The summed E-state index contributed by atoms with van der Waals surface area (Å²) < 4.78 is 0. The molecule has 2 heterocycles. The first-order chi connectivity index (χ1) is 11.8. The van der Waals surface area contributed by atoms with Crippen LogP contribution in [0.2, 0.25) is 0 Å². The first-order valence-electron chi connectivity index (χ1n) is 8.09. The molecule has 1 aromatic rings. The standard InChI is InChI=1S/C18H21N3O2S/c22-14-13-20-9-11-21(12-10-20)18-19-17(23)16(24-18)8-4-7-15-5-2-1-3-6-15/h1-8,22H,9-14H2/b7-4+,16-8-. The third-order valence-electron chi connectivity index (χ3n) is 4.00. The minimum Gasteiger partial charge on any atom is -0.395 e. The van der Waals surface area contributed by atoms with Crippen LogP contribution in [0.3, 0.4) is 0 Å². The van der Waals surface area contributed by atoms with Crippen LogP contribution in [0.15, 0.2) is 52.4 Å². The number of piperazine rings is 1. The summed E-state index contributed by atoms with van der Waals surface area (Å²) in [4.78, 5) is 21.3. The Hall–Kier alpha value is -1.89. The molecule has 0 bridgehead atoms. The molecule has 2 aliphatic heterocycles. The summed E-state index contributed by atoms with van der Waals surface area (Å²) in [6.07, 6.45) is 5.71. The average Bonchev–Trinajstić information content (AvgIpc) is 2.98. The zero-order valence-corrected chi connectivity index (χ0v) is 14.3. The van der Waals surface area contributed by atoms with E-state index in [0.29, 0.717) is 11.4 Å². The zero-order valence-electron chi connectivity index (χ0n) is 13.5. The van der Waals surface area contributed by atoms with Gasteiger partial charge in [0.25, 0.3) is 5.91 Å². The normalized spacial score (nSPS) is 21.0. The molecular weight excluding hydrogens is 322 g/mol. The van der Waals surface area contributed by atoms with Crippen molar-refractivity contribution in [2.75, 3.05) is 39.3 Å². The highest BCUT2D eigenvalue weighted by Crippen LogP contribution is 2.29. The Morgan fingerprint density at radius 1 is 1.17 bits per heavy atom. The number of carbonyl (C=O) groups is 1. The number of nitrogens with zero attached hydrogens (tertiary/aromatic N) is 3. The maximum Gasteiger partial charge on any atom is 0.286 e. The molecule has 1 fully saturated rings. The van der Waals surface area contributed by atoms with Crippen LogP contribution >= 0.6 is 11.8 Å². The van der Waals surface area contributed by atoms with Crippen LogP contribution in [0.25, 0.3) is 6.08 Å². The highest BCUT2D eigenvalue weighted by molar-refractivity contribution is 8.18. The van der Waals surface area contributed by atoms with Crippen molar-refractivity contribution in [3.8, 4) is 0 Å². The summed E-state index contributed by atoms with van der Waals surface area (Å²) in [5.74, 6) is -0.162. The number of allylic oxidation sites excluding steroid dienone is 2. The number of amidine groups is 1. The van der Waals surface area contributed by atoms with E-state index in [1.165, 1.54) is 11.8 Å². The van der Waals surface area contributed by atoms with Crippen LogP contribution in [0.5, 0.6) is 0 Å². The van der Waals surface area contributed by atoms with E-state index in [0.717, 1.165) is 36.9 Å². The topological polar surface area (TPSA) is 56.1 Å². The SMILES string of the molecule is O=C1N=C(N2CCN(CCO)CC2)S/C1=C\C=C\c1ccccc1. The molecule has 3 rings (SSSR count). The number of β-amino-alcohol motifs (C(OH)–C–C–N with tert-alkyl or cyclic N) is 1. The van der Waals surface area contributed by atoms with E-state index in [-0.39, 0.29) is 12.5 Å². The van der Waals surface area contributed by atoms with Crippen molar-refractivity contribution in [2.24, 2.45) is 4.99 Å². The van der Waals surface area contributed by atoms with Gasteiger partial charge in [-0.2, -0.15) is 4.99 Å². The molecule has 0 aromatic heterocycles. The van der Waals surface area contributed by atoms with Gasteiger partial charge in [0.1, 0.15) is 0 Å². The van der Waals surface area contributed by atoms with E-state index < -0.39 is 0 Å². The highest BCUT2D eigenvalue weighted by Gasteiger charge is 2.27. The van der Waals surface area contributed by atoms with Crippen LogP contribution in [0.4, 0.5) is 0 Å². The minimum absolute atomic E-state index is 0.162. The Morgan fingerprint density at radius 3 is 2.62 bits per heavy atom. The Balaban J connectivity index is 1.56. The second kappa shape index (κ2) is 8.28. The molecule has 0 unspecified atom stereocenters. The lowest BCUT2D eigenvalue weighted by atomic mass is 10.2. The Kier molecular flexibility index (Phi) is 5.85. The molecule has 0 radical (unpaired) electrons. The van der Waals surface area contributed by atoms with Gasteiger partial charge < -0.3 is 10.0 Å². The van der Waals surface area contributed by atoms with Crippen LogP contribution in [-0.4, -0.2) is 65.3 Å². The Morgan fingerprint density at radius 2 is 1.92 bits per heavy atom. The Bertz CT molecular complexity index is 662. The fraction of sp³-hybridized carbons (Fsp3) is 0.333. The first-order valence-corrected chi connectivity index (χ1v) is 8.90. The van der Waals surface area contributed by atoms with Crippen molar-refractivity contribution in [3.05, 3.63) is 53.0 Å². The smallest absolute Gasteiger partial charge is 0.286 e. The molecule has 5 nitrogen and oxygen atoms in total. The summed E-state index contributed by atoms with van der Waals surface area (Å²) in [7, 11) is 0. The molecule has 0 atom stereocenters. The van der Waals surface area contributed by atoms with E-state index in [2.05, 4.69) is 14.8 Å². The number of hydrogen-bond acceptors (Lipinski definition) is 5. The summed E-state index contributed by atoms with van der Waals surface area (Å²) in [6.45, 7) is 4.36. The lowest BCUT2D eigenvalue weighted by Gasteiger charge is -2.34. The van der Waals surface area contributed by atoms with Crippen LogP contribution in [0, 0.1) is 0 Å². The predicted octanol–water partition coefficient (Wildman–Crippen LogP) is 1.82. The number of aliphatic hydroxyl groups excluding tert-OH is 1. The monoisotopic (exact) mass is 343 g/mol. The summed E-state index contributed by atoms with van der Waals surface area (Å²) >= 11 is 1.44. The van der Waals surface area contributed by atoms with Gasteiger partial charge in [0.05, 0.1) is 11.5 Å². The van der Waals surface area contributed by atoms with Crippen LogP contribution in [0.1, 0.15) is 5.56 Å². The highest BCUT2D eigenvalue weighted by atomic mass is 32.2. The van der Waals surface area contributed by atoms with Crippen molar-refractivity contribution in [1.82, 2.24) is 9.80 Å². The van der Waals surface area contributed by atoms with Crippen molar-refractivity contribution >= 4 is 28.9 Å². The number of aliphatic imine (C=N–C) groups is 1. The summed E-state index contributed by atoms with van der Waals surface area (Å²) in [5.41, 5.74) is 1.10. The predicted molar refractivity (Wildman–Crippen MR) is 98.7 cm³/mol. The third kappa shape index (κ3) is 4.35. The van der Waals surface area contributed by atoms with Gasteiger partial charge in [-0.3, -0.25) is 9.69 Å². The van der Waals surface area contributed by atoms with Crippen molar-refractivity contribution < 1.29 is 9.90 Å². The van der Waals surface area contributed by atoms with Gasteiger partial charge >= 0.3 is 0 Å². The lowest BCUT2D eigenvalue weighted by molar-refractivity contribution is -0.113. The van der Waals surface area contributed by atoms with Crippen LogP contribution < -0.4 is 0 Å². The second-order valence-corrected chi connectivity index (χ2v) is 6.66. The third-order valence-corrected chi connectivity index (χ3v) is 5.07. The van der Waals surface area contributed by atoms with Gasteiger partial charge in [0.2, 0.25) is 0 Å². The van der Waals surface area contributed by atoms with Gasteiger partial charge in [-0.1, -0.05) is 42.5 Å². The molecule has 0 saturated carbocycles. The fourth-order valence-corrected chi connectivity index (χ4v) is 3.58. The van der Waals surface area contributed by atoms with E-state index in [1.807, 2.05) is 48.6 Å². The molecule has 1 amide bonds. The molecule has 1 N–H and O–H groups in total. The van der Waals surface area contributed by atoms with Gasteiger partial charge in [-0.15, -0.1) is 0 Å². The number of rotatable bonds is 4. The van der Waals surface area contributed by atoms with E-state index >= 15 is 0 Å². The summed E-state index contributed by atoms with van der Waals surface area (Å²) in [5, 5.41) is 9.78. The fourth-order valence-electron chi connectivity index (χ4n) is 2.66. The maximum absolute atomic E-state index is 12.1. The average molecular weight is 343 g/mol. The largest absolute Gasteiger partial charge is 0.395 e. The molecule has 6 heteroatoms. The molecule has 1 aromatic carbocycles. The number of amides is 1. The van der Waals surface area contributed by atoms with Gasteiger partial charge in [0.15, 0.2) is 5.17 Å². The molecule has 0 spiro atoms. The number of carbonyl (C=O) groups excluding carboxylic acids is 1. The van der Waals surface area contributed by atoms with Crippen molar-refractivity contribution in [1.29, 1.82) is 0 Å². The first kappa shape index (κ1) is 17.0. The Labute approximate surface area is 146 Å². The number of aliphatic hydroxyl groups is 1. The lowest BCUT2D eigenvalue weighted by Crippen LogP contribution is -2.48. The molecular formula is C18H21N3O2S. The van der Waals surface area contributed by atoms with Gasteiger partial charge in [-0.25, -0.2) is 0 Å². The van der Waals surface area contributed by atoms with E-state index in [1.54, 1.807) is 0 Å². The molecule has 24 heavy (non-hydrogen) atoms. The summed E-state index contributed by atoms with van der Waals surface area (Å²) in [6, 6.07) is 9.99. The molecule has 1 saturated heterocycles. The quantitative estimate of drug-likeness (QED) is 0.845. The number of benzene rings is 1. The second-order valence-electron chi connectivity index (χ2n) is 5.65. The zero-order chi connectivity index (χ0) is 16.8. The molecule has 0 aliphatic carbocycles. The number of hydrogen-bond donors (Lipinski definition) is 1. The van der Waals surface area contributed by atoms with Crippen molar-refractivity contribution in [3.63, 3.8) is 0 Å². The van der Waals surface area contributed by atoms with Gasteiger partial charge in [0, 0.05) is 32.7 Å².